The smallest absolute Gasteiger partial charge is 0.141 e. The number of aromatic nitrogens is 3. The van der Waals surface area contributed by atoms with Crippen LogP contribution >= 0.6 is 11.6 Å². The lowest BCUT2D eigenvalue weighted by Gasteiger charge is -2.16. The molecule has 0 saturated carbocycles. The summed E-state index contributed by atoms with van der Waals surface area (Å²) in [7, 11) is 3.69. The molecule has 1 atom stereocenters. The van der Waals surface area contributed by atoms with Crippen molar-refractivity contribution >= 4 is 11.6 Å². The maximum Gasteiger partial charge on any atom is 0.141 e. The van der Waals surface area contributed by atoms with Gasteiger partial charge in [-0.25, -0.2) is 9.37 Å². The molecule has 1 unspecified atom stereocenters. The third-order valence-corrected chi connectivity index (χ3v) is 3.18. The average Bonchev–Trinajstić information content (AvgIpc) is 2.75. The van der Waals surface area contributed by atoms with Crippen LogP contribution in [0.4, 0.5) is 4.39 Å². The van der Waals surface area contributed by atoms with Gasteiger partial charge in [-0.3, -0.25) is 4.68 Å². The minimum atomic E-state index is -0.408. The summed E-state index contributed by atoms with van der Waals surface area (Å²) in [5.74, 6) is 0.448. The van der Waals surface area contributed by atoms with Crippen molar-refractivity contribution in [3.05, 3.63) is 46.8 Å². The van der Waals surface area contributed by atoms with Gasteiger partial charge in [0, 0.05) is 19.5 Å². The van der Waals surface area contributed by atoms with Crippen LogP contribution in [-0.4, -0.2) is 21.8 Å². The van der Waals surface area contributed by atoms with Crippen LogP contribution in [0.5, 0.6) is 0 Å². The van der Waals surface area contributed by atoms with Gasteiger partial charge in [0.1, 0.15) is 18.0 Å². The topological polar surface area (TPSA) is 42.7 Å². The summed E-state index contributed by atoms with van der Waals surface area (Å²) in [5, 5.41) is 7.32. The number of rotatable bonds is 4. The molecule has 18 heavy (non-hydrogen) atoms. The van der Waals surface area contributed by atoms with Gasteiger partial charge >= 0.3 is 0 Å². The number of aryl methyl sites for hydroxylation is 1. The highest BCUT2D eigenvalue weighted by molar-refractivity contribution is 6.30. The average molecular weight is 269 g/mol. The van der Waals surface area contributed by atoms with E-state index in [0.29, 0.717) is 6.42 Å². The van der Waals surface area contributed by atoms with Crippen LogP contribution in [0, 0.1) is 5.82 Å². The first-order chi connectivity index (χ1) is 8.61. The van der Waals surface area contributed by atoms with Gasteiger partial charge in [0.05, 0.1) is 5.02 Å². The molecule has 0 aliphatic carbocycles. The van der Waals surface area contributed by atoms with Crippen molar-refractivity contribution in [3.8, 4) is 0 Å². The Bertz CT molecular complexity index is 541. The van der Waals surface area contributed by atoms with Crippen LogP contribution < -0.4 is 5.32 Å². The molecule has 1 N–H and O–H groups in total. The standard InChI is InChI=1S/C12H14ClFN4/c1-15-11(6-12-16-7-17-18(12)2)8-3-4-10(14)9(13)5-8/h3-5,7,11,15H,6H2,1-2H3. The SMILES string of the molecule is CNC(Cc1ncnn1C)c1ccc(F)c(Cl)c1. The summed E-state index contributed by atoms with van der Waals surface area (Å²) in [5.41, 5.74) is 0.923. The van der Waals surface area contributed by atoms with E-state index in [9.17, 15) is 4.39 Å². The lowest BCUT2D eigenvalue weighted by molar-refractivity contribution is 0.551. The number of nitrogens with one attached hydrogen (secondary N) is 1. The van der Waals surface area contributed by atoms with Crippen LogP contribution in [0.3, 0.4) is 0 Å². The number of halogens is 2. The molecule has 6 heteroatoms. The highest BCUT2D eigenvalue weighted by Gasteiger charge is 2.14. The second-order valence-corrected chi connectivity index (χ2v) is 4.43. The predicted molar refractivity (Wildman–Crippen MR) is 67.9 cm³/mol. The van der Waals surface area contributed by atoms with Gasteiger partial charge in [0.15, 0.2) is 0 Å². The molecule has 0 amide bonds. The quantitative estimate of drug-likeness (QED) is 0.924. The zero-order chi connectivity index (χ0) is 13.1. The van der Waals surface area contributed by atoms with E-state index in [0.717, 1.165) is 11.4 Å². The van der Waals surface area contributed by atoms with E-state index < -0.39 is 5.82 Å². The van der Waals surface area contributed by atoms with E-state index in [1.54, 1.807) is 16.8 Å². The van der Waals surface area contributed by atoms with Crippen LogP contribution in [-0.2, 0) is 13.5 Å². The van der Waals surface area contributed by atoms with Crippen molar-refractivity contribution < 1.29 is 4.39 Å². The molecule has 0 aliphatic rings. The lowest BCUT2D eigenvalue weighted by Crippen LogP contribution is -2.20. The van der Waals surface area contributed by atoms with Crippen molar-refractivity contribution in [2.45, 2.75) is 12.5 Å². The van der Waals surface area contributed by atoms with Crippen LogP contribution in [0.2, 0.25) is 5.02 Å². The van der Waals surface area contributed by atoms with E-state index in [4.69, 9.17) is 11.6 Å². The molecule has 1 heterocycles. The molecule has 2 rings (SSSR count). The zero-order valence-electron chi connectivity index (χ0n) is 10.2. The molecule has 0 aliphatic heterocycles. The monoisotopic (exact) mass is 268 g/mol. The lowest BCUT2D eigenvalue weighted by atomic mass is 10.0. The van der Waals surface area contributed by atoms with Crippen LogP contribution in [0.15, 0.2) is 24.5 Å². The number of benzene rings is 1. The number of likely N-dealkylation sites (N-methyl/N-ethyl adjacent to an activating group) is 1. The largest absolute Gasteiger partial charge is 0.313 e. The second kappa shape index (κ2) is 5.46. The van der Waals surface area contributed by atoms with E-state index in [-0.39, 0.29) is 11.1 Å². The Morgan fingerprint density at radius 1 is 1.50 bits per heavy atom. The fraction of sp³-hybridized carbons (Fsp3) is 0.333. The molecule has 0 spiro atoms. The second-order valence-electron chi connectivity index (χ2n) is 4.02. The summed E-state index contributed by atoms with van der Waals surface area (Å²) in [4.78, 5) is 4.17. The molecule has 0 radical (unpaired) electrons. The van der Waals surface area contributed by atoms with Crippen molar-refractivity contribution in [1.82, 2.24) is 20.1 Å². The maximum absolute atomic E-state index is 13.1. The van der Waals surface area contributed by atoms with Gasteiger partial charge in [0.2, 0.25) is 0 Å². The summed E-state index contributed by atoms with van der Waals surface area (Å²) in [6.45, 7) is 0. The Hall–Kier alpha value is -1.46. The molecular weight excluding hydrogens is 255 g/mol. The van der Waals surface area contributed by atoms with Crippen LogP contribution in [0.1, 0.15) is 17.4 Å². The highest BCUT2D eigenvalue weighted by atomic mass is 35.5. The number of hydrogen-bond acceptors (Lipinski definition) is 3. The van der Waals surface area contributed by atoms with Crippen LogP contribution in [0.25, 0.3) is 0 Å². The fourth-order valence-electron chi connectivity index (χ4n) is 1.80. The van der Waals surface area contributed by atoms with Gasteiger partial charge in [-0.2, -0.15) is 5.10 Å². The van der Waals surface area contributed by atoms with E-state index in [2.05, 4.69) is 15.4 Å². The molecule has 2 aromatic rings. The molecule has 1 aromatic heterocycles. The predicted octanol–water partition coefficient (Wildman–Crippen LogP) is 2.11. The first-order valence-corrected chi connectivity index (χ1v) is 5.94. The van der Waals surface area contributed by atoms with Crippen molar-refractivity contribution in [1.29, 1.82) is 0 Å². The molecule has 4 nitrogen and oxygen atoms in total. The van der Waals surface area contributed by atoms with Crippen molar-refractivity contribution in [2.24, 2.45) is 7.05 Å². The third kappa shape index (κ3) is 2.68. The van der Waals surface area contributed by atoms with Gasteiger partial charge in [-0.1, -0.05) is 17.7 Å². The Morgan fingerprint density at radius 2 is 2.28 bits per heavy atom. The molecule has 0 saturated heterocycles. The highest BCUT2D eigenvalue weighted by Crippen LogP contribution is 2.22. The van der Waals surface area contributed by atoms with E-state index >= 15 is 0 Å². The minimum absolute atomic E-state index is 0.0194. The first kappa shape index (κ1) is 13.0. The number of nitrogens with zero attached hydrogens (tertiary/aromatic N) is 3. The molecule has 0 fully saturated rings. The Morgan fingerprint density at radius 3 is 2.83 bits per heavy atom. The molecular formula is C12H14ClFN4. The first-order valence-electron chi connectivity index (χ1n) is 5.57. The van der Waals surface area contributed by atoms with Crippen molar-refractivity contribution in [2.75, 3.05) is 7.05 Å². The summed E-state index contributed by atoms with van der Waals surface area (Å²) in [6, 6.07) is 4.75. The Kier molecular flexibility index (Phi) is 3.93. The van der Waals surface area contributed by atoms with Gasteiger partial charge in [-0.15, -0.1) is 0 Å². The van der Waals surface area contributed by atoms with Gasteiger partial charge in [0.25, 0.3) is 0 Å². The van der Waals surface area contributed by atoms with Gasteiger partial charge < -0.3 is 5.32 Å². The zero-order valence-corrected chi connectivity index (χ0v) is 10.9. The third-order valence-electron chi connectivity index (χ3n) is 2.89. The Labute approximate surface area is 110 Å². The maximum atomic E-state index is 13.1. The minimum Gasteiger partial charge on any atom is -0.313 e. The van der Waals surface area contributed by atoms with E-state index in [1.807, 2.05) is 14.1 Å². The summed E-state index contributed by atoms with van der Waals surface area (Å²) in [6.07, 6.45) is 2.18. The van der Waals surface area contributed by atoms with E-state index in [1.165, 1.54) is 12.4 Å². The summed E-state index contributed by atoms with van der Waals surface area (Å²) >= 11 is 5.79. The summed E-state index contributed by atoms with van der Waals surface area (Å²) < 4.78 is 14.8. The van der Waals surface area contributed by atoms with Gasteiger partial charge in [-0.05, 0) is 24.7 Å². The molecule has 96 valence electrons. The Balaban J connectivity index is 2.23. The van der Waals surface area contributed by atoms with Crippen molar-refractivity contribution in [3.63, 3.8) is 0 Å². The normalized spacial score (nSPS) is 12.7. The molecule has 0 bridgehead atoms. The molecule has 1 aromatic carbocycles. The number of hydrogen-bond donors (Lipinski definition) is 1. The fourth-order valence-corrected chi connectivity index (χ4v) is 1.99.